The summed E-state index contributed by atoms with van der Waals surface area (Å²) >= 11 is 3.38. The van der Waals surface area contributed by atoms with Crippen molar-refractivity contribution >= 4 is 39.1 Å². The molecule has 1 atom stereocenters. The second-order valence-corrected chi connectivity index (χ2v) is 7.97. The van der Waals surface area contributed by atoms with E-state index in [0.29, 0.717) is 35.1 Å². The molecule has 0 bridgehead atoms. The van der Waals surface area contributed by atoms with Crippen molar-refractivity contribution in [2.24, 2.45) is 0 Å². The molecule has 1 fully saturated rings. The topological polar surface area (TPSA) is 80.0 Å². The van der Waals surface area contributed by atoms with E-state index in [2.05, 4.69) is 15.9 Å². The molecule has 0 aliphatic carbocycles. The Labute approximate surface area is 187 Å². The highest BCUT2D eigenvalue weighted by Gasteiger charge is 2.48. The van der Waals surface area contributed by atoms with Crippen molar-refractivity contribution in [2.75, 3.05) is 11.5 Å². The molecule has 1 aliphatic rings. The predicted octanol–water partition coefficient (Wildman–Crippen LogP) is 5.38. The van der Waals surface area contributed by atoms with E-state index in [0.717, 1.165) is 4.47 Å². The Morgan fingerprint density at radius 2 is 1.74 bits per heavy atom. The molecule has 1 saturated heterocycles. The molecule has 3 aromatic rings. The number of carbonyl (C=O) groups excluding carboxylic acids is 2. The van der Waals surface area contributed by atoms with Crippen LogP contribution in [-0.4, -0.2) is 23.4 Å². The Morgan fingerprint density at radius 1 is 1.06 bits per heavy atom. The van der Waals surface area contributed by atoms with Crippen molar-refractivity contribution in [3.8, 4) is 5.75 Å². The molecule has 0 radical (unpaired) electrons. The second kappa shape index (κ2) is 8.43. The number of anilines is 1. The highest BCUT2D eigenvalue weighted by molar-refractivity contribution is 9.10. The largest absolute Gasteiger partial charge is 0.507 e. The summed E-state index contributed by atoms with van der Waals surface area (Å²) in [5, 5.41) is 11.1. The number of amides is 1. The van der Waals surface area contributed by atoms with Crippen molar-refractivity contribution in [1.29, 1.82) is 0 Å². The molecule has 1 aliphatic heterocycles. The molecule has 31 heavy (non-hydrogen) atoms. The van der Waals surface area contributed by atoms with Gasteiger partial charge in [-0.1, -0.05) is 15.9 Å². The second-order valence-electron chi connectivity index (χ2n) is 7.05. The number of nitrogens with zero attached hydrogens (tertiary/aromatic N) is 1. The van der Waals surface area contributed by atoms with Gasteiger partial charge >= 0.3 is 0 Å². The van der Waals surface area contributed by atoms with Gasteiger partial charge in [0, 0.05) is 15.7 Å². The number of hydrogen-bond donors (Lipinski definition) is 1. The number of Topliss-reactive ketones (excluding diaryl/α,β-unsaturated/α-hetero) is 1. The van der Waals surface area contributed by atoms with Crippen LogP contribution in [0.4, 0.5) is 5.69 Å². The number of ketones is 1. The van der Waals surface area contributed by atoms with Crippen LogP contribution in [0.2, 0.25) is 0 Å². The van der Waals surface area contributed by atoms with E-state index in [9.17, 15) is 14.7 Å². The molecular weight excluding hydrogens is 462 g/mol. The van der Waals surface area contributed by atoms with Crippen molar-refractivity contribution in [3.05, 3.63) is 87.8 Å². The molecule has 1 aromatic heterocycles. The first kappa shape index (κ1) is 20.9. The summed E-state index contributed by atoms with van der Waals surface area (Å²) in [7, 11) is 0. The zero-order valence-corrected chi connectivity index (χ0v) is 18.5. The highest BCUT2D eigenvalue weighted by Crippen LogP contribution is 2.42. The Bertz CT molecular complexity index is 1160. The monoisotopic (exact) mass is 481 g/mol. The number of carbonyl (C=O) groups is 2. The minimum atomic E-state index is -0.888. The van der Waals surface area contributed by atoms with Gasteiger partial charge in [0.15, 0.2) is 0 Å². The predicted molar refractivity (Wildman–Crippen MR) is 120 cm³/mol. The molecule has 0 spiro atoms. The smallest absolute Gasteiger partial charge is 0.300 e. The Balaban J connectivity index is 1.86. The van der Waals surface area contributed by atoms with Crippen LogP contribution >= 0.6 is 15.9 Å². The van der Waals surface area contributed by atoms with Crippen LogP contribution < -0.4 is 9.64 Å². The van der Waals surface area contributed by atoms with E-state index in [1.165, 1.54) is 4.90 Å². The summed E-state index contributed by atoms with van der Waals surface area (Å²) in [4.78, 5) is 27.4. The van der Waals surface area contributed by atoms with E-state index in [1.807, 2.05) is 6.92 Å². The number of benzene rings is 2. The van der Waals surface area contributed by atoms with Crippen LogP contribution in [0.15, 0.2) is 75.1 Å². The third-order valence-electron chi connectivity index (χ3n) is 5.02. The molecule has 4 rings (SSSR count). The van der Waals surface area contributed by atoms with Gasteiger partial charge in [-0.25, -0.2) is 0 Å². The van der Waals surface area contributed by atoms with Crippen LogP contribution in [0.3, 0.4) is 0 Å². The lowest BCUT2D eigenvalue weighted by atomic mass is 9.99. The number of aliphatic hydroxyl groups excluding tert-OH is 1. The fraction of sp³-hybridized carbons (Fsp3) is 0.167. The number of furan rings is 1. The Morgan fingerprint density at radius 3 is 2.32 bits per heavy atom. The molecule has 7 heteroatoms. The maximum Gasteiger partial charge on any atom is 0.300 e. The number of rotatable bonds is 5. The van der Waals surface area contributed by atoms with E-state index in [4.69, 9.17) is 9.15 Å². The maximum atomic E-state index is 13.0. The lowest BCUT2D eigenvalue weighted by Gasteiger charge is -2.23. The van der Waals surface area contributed by atoms with Gasteiger partial charge in [-0.15, -0.1) is 0 Å². The van der Waals surface area contributed by atoms with E-state index >= 15 is 0 Å². The Hall–Kier alpha value is -3.32. The number of aryl methyl sites for hydroxylation is 1. The molecule has 2 heterocycles. The van der Waals surface area contributed by atoms with Gasteiger partial charge in [0.2, 0.25) is 0 Å². The summed E-state index contributed by atoms with van der Waals surface area (Å²) in [6.45, 7) is 4.17. The molecule has 158 valence electrons. The normalized spacial score (nSPS) is 17.9. The molecule has 0 saturated carbocycles. The molecule has 1 amide bonds. The van der Waals surface area contributed by atoms with Gasteiger partial charge in [0.25, 0.3) is 11.7 Å². The third kappa shape index (κ3) is 3.88. The van der Waals surface area contributed by atoms with Gasteiger partial charge in [0.1, 0.15) is 29.1 Å². The lowest BCUT2D eigenvalue weighted by Crippen LogP contribution is -2.29. The fourth-order valence-corrected chi connectivity index (χ4v) is 3.87. The van der Waals surface area contributed by atoms with Gasteiger partial charge in [-0.3, -0.25) is 14.5 Å². The maximum absolute atomic E-state index is 13.0. The summed E-state index contributed by atoms with van der Waals surface area (Å²) in [6, 6.07) is 16.3. The first-order valence-electron chi connectivity index (χ1n) is 9.77. The molecule has 1 N–H and O–H groups in total. The van der Waals surface area contributed by atoms with Gasteiger partial charge in [-0.05, 0) is 74.5 Å². The average molecular weight is 482 g/mol. The lowest BCUT2D eigenvalue weighted by molar-refractivity contribution is -0.132. The molecule has 1 unspecified atom stereocenters. The van der Waals surface area contributed by atoms with E-state index < -0.39 is 17.7 Å². The van der Waals surface area contributed by atoms with Crippen LogP contribution in [0.25, 0.3) is 5.76 Å². The average Bonchev–Trinajstić information content (AvgIpc) is 3.30. The quantitative estimate of drug-likeness (QED) is 0.300. The summed E-state index contributed by atoms with van der Waals surface area (Å²) in [5.41, 5.74) is 0.909. The zero-order chi connectivity index (χ0) is 22.1. The minimum Gasteiger partial charge on any atom is -0.507 e. The van der Waals surface area contributed by atoms with Crippen molar-refractivity contribution in [1.82, 2.24) is 0 Å². The van der Waals surface area contributed by atoms with Crippen molar-refractivity contribution in [3.63, 3.8) is 0 Å². The van der Waals surface area contributed by atoms with E-state index in [-0.39, 0.29) is 11.3 Å². The highest BCUT2D eigenvalue weighted by atomic mass is 79.9. The first-order valence-corrected chi connectivity index (χ1v) is 10.6. The number of hydrogen-bond acceptors (Lipinski definition) is 5. The Kier molecular flexibility index (Phi) is 5.69. The number of ether oxygens (including phenoxy) is 1. The SMILES string of the molecule is CCOc1ccc(/C(O)=C2/C(=O)C(=O)N(c3ccc(Br)cc3)C2c2ccc(C)o2)cc1. The number of aliphatic hydroxyl groups is 1. The van der Waals surface area contributed by atoms with Crippen molar-refractivity contribution in [2.45, 2.75) is 19.9 Å². The van der Waals surface area contributed by atoms with Gasteiger partial charge in [-0.2, -0.15) is 0 Å². The summed E-state index contributed by atoms with van der Waals surface area (Å²) in [6.07, 6.45) is 0. The standard InChI is InChI=1S/C24H20BrNO5/c1-3-30-18-11-5-15(6-12-18)22(27)20-21(19-13-4-14(2)31-19)26(24(29)23(20)28)17-9-7-16(25)8-10-17/h4-13,21,27H,3H2,1-2H3/b22-20-. The van der Waals surface area contributed by atoms with Crippen LogP contribution in [0, 0.1) is 6.92 Å². The molecule has 2 aromatic carbocycles. The zero-order valence-electron chi connectivity index (χ0n) is 17.0. The van der Waals surface area contributed by atoms with Crippen molar-refractivity contribution < 1.29 is 23.8 Å². The van der Waals surface area contributed by atoms with Gasteiger partial charge in [0.05, 0.1) is 12.2 Å². The fourth-order valence-electron chi connectivity index (χ4n) is 3.60. The molecular formula is C24H20BrNO5. The first-order chi connectivity index (χ1) is 14.9. The number of halogens is 1. The summed E-state index contributed by atoms with van der Waals surface area (Å²) < 4.78 is 12.1. The van der Waals surface area contributed by atoms with Gasteiger partial charge < -0.3 is 14.3 Å². The summed E-state index contributed by atoms with van der Waals surface area (Å²) in [5.74, 6) is -0.0839. The molecule has 6 nitrogen and oxygen atoms in total. The van der Waals surface area contributed by atoms with Crippen LogP contribution in [0.5, 0.6) is 5.75 Å². The van der Waals surface area contributed by atoms with Crippen LogP contribution in [-0.2, 0) is 9.59 Å². The third-order valence-corrected chi connectivity index (χ3v) is 5.55. The minimum absolute atomic E-state index is 0.0218. The van der Waals surface area contributed by atoms with E-state index in [1.54, 1.807) is 67.6 Å². The van der Waals surface area contributed by atoms with Crippen LogP contribution in [0.1, 0.15) is 30.0 Å².